The normalized spacial score (nSPS) is 10.9. The molecule has 16 heavy (non-hydrogen) atoms. The minimum Gasteiger partial charge on any atom is -0.395 e. The van der Waals surface area contributed by atoms with Gasteiger partial charge in [0, 0.05) is 13.1 Å². The average molecular weight is 239 g/mol. The molecule has 0 atom stereocenters. The molecule has 0 heterocycles. The van der Waals surface area contributed by atoms with Gasteiger partial charge in [-0.05, 0) is 30.7 Å². The van der Waals surface area contributed by atoms with Crippen molar-refractivity contribution in [1.29, 1.82) is 0 Å². The molecule has 0 aliphatic heterocycles. The number of nitrogens with zero attached hydrogens (tertiary/aromatic N) is 1. The van der Waals surface area contributed by atoms with Gasteiger partial charge in [-0.15, -0.1) is 0 Å². The van der Waals surface area contributed by atoms with Crippen molar-refractivity contribution in [2.45, 2.75) is 19.4 Å². The summed E-state index contributed by atoms with van der Waals surface area (Å²) in [5.74, 6) is 0.943. The van der Waals surface area contributed by atoms with E-state index in [1.54, 1.807) is 0 Å². The van der Waals surface area contributed by atoms with Crippen molar-refractivity contribution in [2.24, 2.45) is 0 Å². The summed E-state index contributed by atoms with van der Waals surface area (Å²) in [6.45, 7) is 2.94. The van der Waals surface area contributed by atoms with Crippen LogP contribution in [0.2, 0.25) is 0 Å². The fourth-order valence-corrected chi connectivity index (χ4v) is 1.92. The highest BCUT2D eigenvalue weighted by Crippen LogP contribution is 2.05. The molecule has 1 aromatic rings. The van der Waals surface area contributed by atoms with Crippen molar-refractivity contribution < 1.29 is 5.11 Å². The smallest absolute Gasteiger partial charge is 0.0558 e. The van der Waals surface area contributed by atoms with Crippen LogP contribution in [0.1, 0.15) is 18.4 Å². The van der Waals surface area contributed by atoms with Gasteiger partial charge in [0.15, 0.2) is 0 Å². The molecule has 0 bridgehead atoms. The zero-order chi connectivity index (χ0) is 11.6. The molecule has 1 rings (SSSR count). The van der Waals surface area contributed by atoms with Gasteiger partial charge in [0.1, 0.15) is 0 Å². The molecule has 0 saturated carbocycles. The van der Waals surface area contributed by atoms with E-state index in [0.717, 1.165) is 38.2 Å². The van der Waals surface area contributed by atoms with Crippen LogP contribution in [-0.4, -0.2) is 35.5 Å². The Labute approximate surface area is 104 Å². The molecule has 0 aliphatic rings. The van der Waals surface area contributed by atoms with Crippen molar-refractivity contribution in [3.05, 3.63) is 35.9 Å². The van der Waals surface area contributed by atoms with Gasteiger partial charge in [0.05, 0.1) is 6.61 Å². The fraction of sp³-hybridized carbons (Fsp3) is 0.538. The Kier molecular flexibility index (Phi) is 7.30. The quantitative estimate of drug-likeness (QED) is 0.536. The average Bonchev–Trinajstić information content (AvgIpc) is 2.31. The summed E-state index contributed by atoms with van der Waals surface area (Å²) >= 11 is 4.21. The Morgan fingerprint density at radius 3 is 2.44 bits per heavy atom. The third kappa shape index (κ3) is 5.54. The Morgan fingerprint density at radius 2 is 1.81 bits per heavy atom. The molecule has 90 valence electrons. The Morgan fingerprint density at radius 1 is 1.06 bits per heavy atom. The molecule has 0 saturated heterocycles. The maximum Gasteiger partial charge on any atom is 0.0558 e. The van der Waals surface area contributed by atoms with Gasteiger partial charge >= 0.3 is 0 Å². The second-order valence-electron chi connectivity index (χ2n) is 3.92. The van der Waals surface area contributed by atoms with Gasteiger partial charge in [0.2, 0.25) is 0 Å². The van der Waals surface area contributed by atoms with Crippen LogP contribution in [0.25, 0.3) is 0 Å². The molecule has 1 N–H and O–H groups in total. The third-order valence-electron chi connectivity index (χ3n) is 2.55. The van der Waals surface area contributed by atoms with Crippen molar-refractivity contribution in [3.8, 4) is 0 Å². The number of hydrogen-bond donors (Lipinski definition) is 2. The van der Waals surface area contributed by atoms with E-state index in [1.807, 2.05) is 6.07 Å². The molecular formula is C13H21NOS. The number of benzene rings is 1. The maximum absolute atomic E-state index is 9.01. The monoisotopic (exact) mass is 239 g/mol. The van der Waals surface area contributed by atoms with E-state index in [0.29, 0.717) is 0 Å². The van der Waals surface area contributed by atoms with E-state index < -0.39 is 0 Å². The van der Waals surface area contributed by atoms with Gasteiger partial charge in [-0.25, -0.2) is 0 Å². The summed E-state index contributed by atoms with van der Waals surface area (Å²) in [6.07, 6.45) is 2.29. The first-order valence-electron chi connectivity index (χ1n) is 5.85. The number of thiol groups is 1. The molecule has 0 aliphatic carbocycles. The van der Waals surface area contributed by atoms with E-state index in [2.05, 4.69) is 41.8 Å². The van der Waals surface area contributed by atoms with Crippen LogP contribution >= 0.6 is 12.6 Å². The van der Waals surface area contributed by atoms with Crippen LogP contribution in [0.4, 0.5) is 0 Å². The Bertz CT molecular complexity index is 266. The SMILES string of the molecule is OCCN(CCCCS)Cc1ccccc1. The fourth-order valence-electron chi connectivity index (χ4n) is 1.70. The summed E-state index contributed by atoms with van der Waals surface area (Å²) in [5, 5.41) is 9.01. The van der Waals surface area contributed by atoms with E-state index in [9.17, 15) is 0 Å². The molecule has 0 aromatic heterocycles. The van der Waals surface area contributed by atoms with Crippen LogP contribution < -0.4 is 0 Å². The second-order valence-corrected chi connectivity index (χ2v) is 4.36. The van der Waals surface area contributed by atoms with Crippen molar-refractivity contribution in [1.82, 2.24) is 4.90 Å². The van der Waals surface area contributed by atoms with Gasteiger partial charge in [0.25, 0.3) is 0 Å². The van der Waals surface area contributed by atoms with E-state index in [4.69, 9.17) is 5.11 Å². The zero-order valence-electron chi connectivity index (χ0n) is 9.68. The zero-order valence-corrected chi connectivity index (χ0v) is 10.6. The standard InChI is InChI=1S/C13H21NOS/c15-10-9-14(8-4-5-11-16)12-13-6-2-1-3-7-13/h1-3,6-7,15-16H,4-5,8-12H2. The first-order chi connectivity index (χ1) is 7.86. The highest BCUT2D eigenvalue weighted by Gasteiger charge is 2.04. The number of unbranched alkanes of at least 4 members (excludes halogenated alkanes) is 1. The predicted octanol–water partition coefficient (Wildman–Crippen LogP) is 2.19. The van der Waals surface area contributed by atoms with Crippen molar-refractivity contribution >= 4 is 12.6 Å². The summed E-state index contributed by atoms with van der Waals surface area (Å²) in [5.41, 5.74) is 1.31. The molecule has 1 aromatic carbocycles. The van der Waals surface area contributed by atoms with Crippen LogP contribution in [0, 0.1) is 0 Å². The molecule has 0 radical (unpaired) electrons. The molecule has 3 heteroatoms. The summed E-state index contributed by atoms with van der Waals surface area (Å²) in [6, 6.07) is 10.4. The topological polar surface area (TPSA) is 23.5 Å². The lowest BCUT2D eigenvalue weighted by Gasteiger charge is -2.21. The molecular weight excluding hydrogens is 218 g/mol. The first kappa shape index (κ1) is 13.6. The van der Waals surface area contributed by atoms with Crippen LogP contribution in [-0.2, 0) is 6.54 Å². The Balaban J connectivity index is 2.38. The van der Waals surface area contributed by atoms with Gasteiger partial charge < -0.3 is 5.11 Å². The van der Waals surface area contributed by atoms with Gasteiger partial charge in [-0.1, -0.05) is 30.3 Å². The Hall–Kier alpha value is -0.510. The number of aliphatic hydroxyl groups excluding tert-OH is 1. The van der Waals surface area contributed by atoms with Crippen LogP contribution in [0.5, 0.6) is 0 Å². The lowest BCUT2D eigenvalue weighted by Crippen LogP contribution is -2.27. The lowest BCUT2D eigenvalue weighted by molar-refractivity contribution is 0.188. The third-order valence-corrected chi connectivity index (χ3v) is 2.86. The first-order valence-corrected chi connectivity index (χ1v) is 6.48. The predicted molar refractivity (Wildman–Crippen MR) is 71.9 cm³/mol. The molecule has 0 spiro atoms. The highest BCUT2D eigenvalue weighted by atomic mass is 32.1. The van der Waals surface area contributed by atoms with E-state index in [-0.39, 0.29) is 6.61 Å². The minimum atomic E-state index is 0.230. The number of aliphatic hydroxyl groups is 1. The minimum absolute atomic E-state index is 0.230. The molecule has 0 amide bonds. The summed E-state index contributed by atoms with van der Waals surface area (Å²) in [7, 11) is 0. The van der Waals surface area contributed by atoms with Crippen LogP contribution in [0.3, 0.4) is 0 Å². The number of hydrogen-bond acceptors (Lipinski definition) is 3. The van der Waals surface area contributed by atoms with Gasteiger partial charge in [-0.3, -0.25) is 4.90 Å². The van der Waals surface area contributed by atoms with Crippen LogP contribution in [0.15, 0.2) is 30.3 Å². The van der Waals surface area contributed by atoms with E-state index in [1.165, 1.54) is 5.56 Å². The largest absolute Gasteiger partial charge is 0.395 e. The van der Waals surface area contributed by atoms with Gasteiger partial charge in [-0.2, -0.15) is 12.6 Å². The maximum atomic E-state index is 9.01. The lowest BCUT2D eigenvalue weighted by atomic mass is 10.2. The molecule has 0 unspecified atom stereocenters. The summed E-state index contributed by atoms with van der Waals surface area (Å²) < 4.78 is 0. The van der Waals surface area contributed by atoms with Crippen molar-refractivity contribution in [3.63, 3.8) is 0 Å². The summed E-state index contributed by atoms with van der Waals surface area (Å²) in [4.78, 5) is 2.29. The highest BCUT2D eigenvalue weighted by molar-refractivity contribution is 7.80. The number of rotatable bonds is 8. The molecule has 0 fully saturated rings. The van der Waals surface area contributed by atoms with E-state index >= 15 is 0 Å². The van der Waals surface area contributed by atoms with Crippen molar-refractivity contribution in [2.75, 3.05) is 25.4 Å². The second kappa shape index (κ2) is 8.62. The molecule has 2 nitrogen and oxygen atoms in total.